The quantitative estimate of drug-likeness (QED) is 0.438. The molecule has 0 bridgehead atoms. The van der Waals surface area contributed by atoms with Crippen LogP contribution in [0.3, 0.4) is 0 Å². The second kappa shape index (κ2) is 9.61. The number of anilines is 2. The first-order valence-electron chi connectivity index (χ1n) is 9.91. The number of rotatable bonds is 8. The molecule has 0 fully saturated rings. The average Bonchev–Trinajstić information content (AvgIpc) is 3.51. The second-order valence-corrected chi connectivity index (χ2v) is 6.95. The van der Waals surface area contributed by atoms with Crippen molar-refractivity contribution in [3.8, 4) is 5.75 Å². The highest BCUT2D eigenvalue weighted by Gasteiger charge is 2.17. The highest BCUT2D eigenvalue weighted by Crippen LogP contribution is 2.19. The molecule has 2 aromatic heterocycles. The van der Waals surface area contributed by atoms with Crippen LogP contribution in [-0.2, 0) is 11.4 Å². The van der Waals surface area contributed by atoms with E-state index >= 15 is 0 Å². The lowest BCUT2D eigenvalue weighted by atomic mass is 10.2. The summed E-state index contributed by atoms with van der Waals surface area (Å²) in [5, 5.41) is 9.56. The lowest BCUT2D eigenvalue weighted by Crippen LogP contribution is -2.24. The van der Waals surface area contributed by atoms with Crippen molar-refractivity contribution in [2.24, 2.45) is 0 Å². The van der Waals surface area contributed by atoms with Crippen molar-refractivity contribution in [2.75, 3.05) is 10.6 Å². The molecule has 9 heteroatoms. The van der Waals surface area contributed by atoms with Gasteiger partial charge in [0.25, 0.3) is 5.91 Å². The predicted molar refractivity (Wildman–Crippen MR) is 117 cm³/mol. The molecule has 4 rings (SSSR count). The lowest BCUT2D eigenvalue weighted by molar-refractivity contribution is -0.119. The number of furan rings is 1. The molecule has 0 spiro atoms. The first-order valence-corrected chi connectivity index (χ1v) is 9.91. The standard InChI is InChI=1S/C23H21N5O4/c1-16(28-15-24-14-25-28)22(29)26-18-7-9-19(10-8-18)27-23(30)21-17(11-12-31-21)13-32-20-5-3-2-4-6-20/h2-12,14-16H,13H2,1H3,(H,26,29)(H,27,30). The monoisotopic (exact) mass is 431 g/mol. The van der Waals surface area contributed by atoms with Crippen molar-refractivity contribution in [3.05, 3.63) is 90.9 Å². The SMILES string of the molecule is CC(C(=O)Nc1ccc(NC(=O)c2occc2COc2ccccc2)cc1)n1cncn1. The molecule has 32 heavy (non-hydrogen) atoms. The highest BCUT2D eigenvalue weighted by atomic mass is 16.5. The van der Waals surface area contributed by atoms with Crippen molar-refractivity contribution in [2.45, 2.75) is 19.6 Å². The number of nitrogens with one attached hydrogen (secondary N) is 2. The van der Waals surface area contributed by atoms with Gasteiger partial charge in [-0.3, -0.25) is 9.59 Å². The Balaban J connectivity index is 1.34. The maximum atomic E-state index is 12.6. The van der Waals surface area contributed by atoms with Gasteiger partial charge in [0.05, 0.1) is 6.26 Å². The number of para-hydroxylation sites is 1. The summed E-state index contributed by atoms with van der Waals surface area (Å²) in [6.45, 7) is 1.93. The van der Waals surface area contributed by atoms with Crippen molar-refractivity contribution < 1.29 is 18.7 Å². The van der Waals surface area contributed by atoms with E-state index < -0.39 is 11.9 Å². The molecule has 0 radical (unpaired) electrons. The van der Waals surface area contributed by atoms with Crippen molar-refractivity contribution in [3.63, 3.8) is 0 Å². The van der Waals surface area contributed by atoms with Crippen LogP contribution in [0.5, 0.6) is 5.75 Å². The summed E-state index contributed by atoms with van der Waals surface area (Å²) in [6, 6.07) is 17.3. The molecule has 0 saturated carbocycles. The first kappa shape index (κ1) is 20.9. The van der Waals surface area contributed by atoms with Gasteiger partial charge in [0, 0.05) is 16.9 Å². The van der Waals surface area contributed by atoms with E-state index in [4.69, 9.17) is 9.15 Å². The van der Waals surface area contributed by atoms with E-state index in [1.54, 1.807) is 37.3 Å². The van der Waals surface area contributed by atoms with E-state index in [2.05, 4.69) is 20.7 Å². The van der Waals surface area contributed by atoms with E-state index in [0.29, 0.717) is 22.7 Å². The van der Waals surface area contributed by atoms with Crippen molar-refractivity contribution in [1.29, 1.82) is 0 Å². The minimum atomic E-state index is -0.507. The average molecular weight is 431 g/mol. The smallest absolute Gasteiger partial charge is 0.291 e. The summed E-state index contributed by atoms with van der Waals surface area (Å²) in [4.78, 5) is 28.8. The molecule has 2 heterocycles. The Morgan fingerprint density at radius 2 is 1.75 bits per heavy atom. The molecule has 162 valence electrons. The molecule has 2 N–H and O–H groups in total. The molecule has 2 aromatic carbocycles. The zero-order valence-corrected chi connectivity index (χ0v) is 17.3. The van der Waals surface area contributed by atoms with Crippen LogP contribution >= 0.6 is 0 Å². The van der Waals surface area contributed by atoms with Crippen molar-refractivity contribution in [1.82, 2.24) is 14.8 Å². The molecule has 0 saturated heterocycles. The molecular formula is C23H21N5O4. The Hall–Kier alpha value is -4.40. The normalized spacial score (nSPS) is 11.5. The number of ether oxygens (including phenoxy) is 1. The van der Waals surface area contributed by atoms with E-state index in [-0.39, 0.29) is 18.3 Å². The van der Waals surface area contributed by atoms with Crippen LogP contribution < -0.4 is 15.4 Å². The van der Waals surface area contributed by atoms with Gasteiger partial charge in [-0.2, -0.15) is 5.10 Å². The lowest BCUT2D eigenvalue weighted by Gasteiger charge is -2.12. The van der Waals surface area contributed by atoms with E-state index in [0.717, 1.165) is 0 Å². The van der Waals surface area contributed by atoms with Gasteiger partial charge in [0.2, 0.25) is 5.91 Å². The second-order valence-electron chi connectivity index (χ2n) is 6.95. The number of carbonyl (C=O) groups is 2. The fraction of sp³-hybridized carbons (Fsp3) is 0.130. The van der Waals surface area contributed by atoms with Gasteiger partial charge in [-0.25, -0.2) is 9.67 Å². The fourth-order valence-corrected chi connectivity index (χ4v) is 2.94. The number of carbonyl (C=O) groups excluding carboxylic acids is 2. The number of hydrogen-bond donors (Lipinski definition) is 2. The molecule has 0 aliphatic rings. The minimum absolute atomic E-state index is 0.181. The molecule has 0 aliphatic heterocycles. The van der Waals surface area contributed by atoms with E-state index in [1.807, 2.05) is 30.3 Å². The Morgan fingerprint density at radius 3 is 2.44 bits per heavy atom. The summed E-state index contributed by atoms with van der Waals surface area (Å²) < 4.78 is 12.5. The molecule has 1 atom stereocenters. The highest BCUT2D eigenvalue weighted by molar-refractivity contribution is 6.03. The van der Waals surface area contributed by atoms with Crippen LogP contribution in [0.2, 0.25) is 0 Å². The number of amides is 2. The zero-order valence-electron chi connectivity index (χ0n) is 17.3. The Morgan fingerprint density at radius 1 is 1.03 bits per heavy atom. The van der Waals surface area contributed by atoms with Gasteiger partial charge in [-0.1, -0.05) is 18.2 Å². The summed E-state index contributed by atoms with van der Waals surface area (Å²) in [6.07, 6.45) is 4.31. The maximum absolute atomic E-state index is 12.6. The molecule has 4 aromatic rings. The van der Waals surface area contributed by atoms with Gasteiger partial charge in [-0.15, -0.1) is 0 Å². The topological polar surface area (TPSA) is 111 Å². The summed E-state index contributed by atoms with van der Waals surface area (Å²) in [5.41, 5.74) is 1.79. The van der Waals surface area contributed by atoms with Crippen LogP contribution in [0.25, 0.3) is 0 Å². The van der Waals surface area contributed by atoms with E-state index in [1.165, 1.54) is 23.6 Å². The van der Waals surface area contributed by atoms with Crippen LogP contribution in [-0.4, -0.2) is 26.6 Å². The van der Waals surface area contributed by atoms with Gasteiger partial charge in [0.15, 0.2) is 5.76 Å². The summed E-state index contributed by atoms with van der Waals surface area (Å²) in [7, 11) is 0. The first-order chi connectivity index (χ1) is 15.6. The number of benzene rings is 2. The number of nitrogens with zero attached hydrogens (tertiary/aromatic N) is 3. The van der Waals surface area contributed by atoms with Crippen LogP contribution in [0.4, 0.5) is 11.4 Å². The minimum Gasteiger partial charge on any atom is -0.489 e. The third-order valence-corrected chi connectivity index (χ3v) is 4.71. The molecular weight excluding hydrogens is 410 g/mol. The molecule has 1 unspecified atom stereocenters. The summed E-state index contributed by atoms with van der Waals surface area (Å²) >= 11 is 0. The molecule has 0 aliphatic carbocycles. The van der Waals surface area contributed by atoms with Crippen molar-refractivity contribution >= 4 is 23.2 Å². The van der Waals surface area contributed by atoms with Crippen LogP contribution in [0, 0.1) is 0 Å². The zero-order chi connectivity index (χ0) is 22.3. The Kier molecular flexibility index (Phi) is 6.26. The van der Waals surface area contributed by atoms with Gasteiger partial charge >= 0.3 is 0 Å². The largest absolute Gasteiger partial charge is 0.489 e. The summed E-state index contributed by atoms with van der Waals surface area (Å²) in [5.74, 6) is 0.264. The van der Waals surface area contributed by atoms with Crippen LogP contribution in [0.15, 0.2) is 84.0 Å². The number of aromatic nitrogens is 3. The number of hydrogen-bond acceptors (Lipinski definition) is 6. The molecule has 9 nitrogen and oxygen atoms in total. The van der Waals surface area contributed by atoms with Gasteiger partial charge < -0.3 is 19.8 Å². The molecule has 2 amide bonds. The van der Waals surface area contributed by atoms with Gasteiger partial charge in [0.1, 0.15) is 31.1 Å². The third-order valence-electron chi connectivity index (χ3n) is 4.71. The predicted octanol–water partition coefficient (Wildman–Crippen LogP) is 3.90. The van der Waals surface area contributed by atoms with Crippen LogP contribution in [0.1, 0.15) is 29.1 Å². The third kappa shape index (κ3) is 5.01. The Labute approximate surface area is 184 Å². The fourth-order valence-electron chi connectivity index (χ4n) is 2.94. The van der Waals surface area contributed by atoms with Gasteiger partial charge in [-0.05, 0) is 49.4 Å². The van der Waals surface area contributed by atoms with E-state index in [9.17, 15) is 9.59 Å². The Bertz CT molecular complexity index is 1170. The maximum Gasteiger partial charge on any atom is 0.291 e.